The first-order chi connectivity index (χ1) is 13.4. The number of nitrogens with one attached hydrogen (secondary N) is 3. The van der Waals surface area contributed by atoms with Crippen molar-refractivity contribution in [1.82, 2.24) is 14.7 Å². The van der Waals surface area contributed by atoms with Gasteiger partial charge in [-0.15, -0.1) is 0 Å². The minimum Gasteiger partial charge on any atom is -0.340 e. The molecule has 0 aliphatic heterocycles. The van der Waals surface area contributed by atoms with E-state index in [1.165, 1.54) is 32.4 Å². The SMILES string of the molecule is CNS(=O)(=O)c1cccc(Nc2cc(Nc3cccc(C(C)=O)c3)ncn2)c1. The molecule has 9 heteroatoms. The lowest BCUT2D eigenvalue weighted by Crippen LogP contribution is -2.18. The fourth-order valence-corrected chi connectivity index (χ4v) is 3.24. The van der Waals surface area contributed by atoms with Gasteiger partial charge < -0.3 is 10.6 Å². The van der Waals surface area contributed by atoms with Gasteiger partial charge in [-0.1, -0.05) is 18.2 Å². The quantitative estimate of drug-likeness (QED) is 0.525. The summed E-state index contributed by atoms with van der Waals surface area (Å²) in [4.78, 5) is 20.0. The van der Waals surface area contributed by atoms with Crippen LogP contribution in [0.2, 0.25) is 0 Å². The molecule has 0 amide bonds. The van der Waals surface area contributed by atoms with Crippen LogP contribution in [0.1, 0.15) is 17.3 Å². The third-order valence-corrected chi connectivity index (χ3v) is 5.31. The molecule has 3 N–H and O–H groups in total. The van der Waals surface area contributed by atoms with Gasteiger partial charge in [0.2, 0.25) is 10.0 Å². The van der Waals surface area contributed by atoms with E-state index in [9.17, 15) is 13.2 Å². The van der Waals surface area contributed by atoms with E-state index in [0.717, 1.165) is 5.69 Å². The number of nitrogens with zero attached hydrogens (tertiary/aromatic N) is 2. The molecule has 0 radical (unpaired) electrons. The predicted octanol–water partition coefficient (Wildman–Crippen LogP) is 3.07. The first kappa shape index (κ1) is 19.5. The highest BCUT2D eigenvalue weighted by molar-refractivity contribution is 7.89. The third-order valence-electron chi connectivity index (χ3n) is 3.89. The summed E-state index contributed by atoms with van der Waals surface area (Å²) in [6, 6.07) is 15.2. The number of Topliss-reactive ketones (excluding diaryl/α,β-unsaturated/α-hetero) is 1. The molecule has 3 aromatic rings. The number of hydrogen-bond donors (Lipinski definition) is 3. The van der Waals surface area contributed by atoms with Crippen LogP contribution in [0, 0.1) is 0 Å². The van der Waals surface area contributed by atoms with Crippen LogP contribution >= 0.6 is 0 Å². The molecule has 28 heavy (non-hydrogen) atoms. The van der Waals surface area contributed by atoms with Crippen molar-refractivity contribution in [3.05, 3.63) is 66.5 Å². The first-order valence-electron chi connectivity index (χ1n) is 8.38. The summed E-state index contributed by atoms with van der Waals surface area (Å²) in [5.41, 5.74) is 1.89. The highest BCUT2D eigenvalue weighted by Gasteiger charge is 2.11. The van der Waals surface area contributed by atoms with Gasteiger partial charge in [0.1, 0.15) is 18.0 Å². The van der Waals surface area contributed by atoms with Gasteiger partial charge in [-0.05, 0) is 44.3 Å². The topological polar surface area (TPSA) is 113 Å². The van der Waals surface area contributed by atoms with Gasteiger partial charge in [-0.25, -0.2) is 23.1 Å². The van der Waals surface area contributed by atoms with Gasteiger partial charge in [0, 0.05) is 23.0 Å². The second-order valence-corrected chi connectivity index (χ2v) is 7.80. The van der Waals surface area contributed by atoms with Crippen molar-refractivity contribution in [1.29, 1.82) is 0 Å². The molecule has 0 fully saturated rings. The number of anilines is 4. The van der Waals surface area contributed by atoms with Gasteiger partial charge in [-0.2, -0.15) is 0 Å². The standard InChI is InChI=1S/C19H19N5O3S/c1-13(25)14-5-3-6-15(9-14)23-18-11-19(22-12-21-18)24-16-7-4-8-17(10-16)28(26,27)20-2/h3-12,20H,1-2H3,(H2,21,22,23,24). The number of ketones is 1. The van der Waals surface area contributed by atoms with Crippen LogP contribution in [0.4, 0.5) is 23.0 Å². The molecule has 0 saturated heterocycles. The molecule has 1 aromatic heterocycles. The van der Waals surface area contributed by atoms with Gasteiger partial charge in [-0.3, -0.25) is 4.79 Å². The van der Waals surface area contributed by atoms with E-state index in [4.69, 9.17) is 0 Å². The summed E-state index contributed by atoms with van der Waals surface area (Å²) in [7, 11) is -2.18. The van der Waals surface area contributed by atoms with E-state index < -0.39 is 10.0 Å². The highest BCUT2D eigenvalue weighted by atomic mass is 32.2. The smallest absolute Gasteiger partial charge is 0.240 e. The Balaban J connectivity index is 1.80. The zero-order valence-electron chi connectivity index (χ0n) is 15.3. The van der Waals surface area contributed by atoms with Crippen molar-refractivity contribution < 1.29 is 13.2 Å². The fourth-order valence-electron chi connectivity index (χ4n) is 2.46. The Morgan fingerprint density at radius 3 is 2.11 bits per heavy atom. The van der Waals surface area contributed by atoms with Gasteiger partial charge >= 0.3 is 0 Å². The van der Waals surface area contributed by atoms with E-state index in [2.05, 4.69) is 25.3 Å². The number of benzene rings is 2. The Hall–Kier alpha value is -3.30. The third kappa shape index (κ3) is 4.70. The Labute approximate surface area is 163 Å². The summed E-state index contributed by atoms with van der Waals surface area (Å²) in [6.45, 7) is 1.51. The van der Waals surface area contributed by atoms with Crippen molar-refractivity contribution in [3.63, 3.8) is 0 Å². The van der Waals surface area contributed by atoms with Crippen molar-refractivity contribution in [3.8, 4) is 0 Å². The Morgan fingerprint density at radius 2 is 1.50 bits per heavy atom. The molecule has 0 unspecified atom stereocenters. The molecule has 0 saturated carbocycles. The number of aromatic nitrogens is 2. The lowest BCUT2D eigenvalue weighted by atomic mass is 10.1. The van der Waals surface area contributed by atoms with E-state index in [0.29, 0.717) is 22.9 Å². The molecule has 8 nitrogen and oxygen atoms in total. The molecule has 0 aliphatic rings. The van der Waals surface area contributed by atoms with E-state index in [-0.39, 0.29) is 10.7 Å². The average molecular weight is 397 g/mol. The fraction of sp³-hybridized carbons (Fsp3) is 0.105. The normalized spacial score (nSPS) is 11.1. The number of carbonyl (C=O) groups is 1. The summed E-state index contributed by atoms with van der Waals surface area (Å²) >= 11 is 0. The van der Waals surface area contributed by atoms with Crippen LogP contribution in [-0.2, 0) is 10.0 Å². The summed E-state index contributed by atoms with van der Waals surface area (Å²) in [6.07, 6.45) is 1.38. The van der Waals surface area contributed by atoms with Crippen molar-refractivity contribution in [2.75, 3.05) is 17.7 Å². The van der Waals surface area contributed by atoms with Crippen LogP contribution < -0.4 is 15.4 Å². The maximum atomic E-state index is 11.9. The molecule has 0 spiro atoms. The van der Waals surface area contributed by atoms with Crippen LogP contribution in [0.3, 0.4) is 0 Å². The van der Waals surface area contributed by atoms with Crippen molar-refractivity contribution in [2.45, 2.75) is 11.8 Å². The van der Waals surface area contributed by atoms with Gasteiger partial charge in [0.05, 0.1) is 4.90 Å². The number of rotatable bonds is 7. The summed E-state index contributed by atoms with van der Waals surface area (Å²) < 4.78 is 26.2. The Bertz CT molecular complexity index is 1120. The first-order valence-corrected chi connectivity index (χ1v) is 9.86. The Kier molecular flexibility index (Phi) is 5.67. The van der Waals surface area contributed by atoms with E-state index >= 15 is 0 Å². The second kappa shape index (κ2) is 8.15. The minimum absolute atomic E-state index is 0.0231. The molecule has 0 bridgehead atoms. The lowest BCUT2D eigenvalue weighted by molar-refractivity contribution is 0.101. The average Bonchev–Trinajstić information content (AvgIpc) is 2.68. The maximum absolute atomic E-state index is 11.9. The van der Waals surface area contributed by atoms with Gasteiger partial charge in [0.15, 0.2) is 5.78 Å². The highest BCUT2D eigenvalue weighted by Crippen LogP contribution is 2.22. The van der Waals surface area contributed by atoms with Crippen LogP contribution in [0.25, 0.3) is 0 Å². The zero-order valence-corrected chi connectivity index (χ0v) is 16.1. The molecular weight excluding hydrogens is 378 g/mol. The maximum Gasteiger partial charge on any atom is 0.240 e. The predicted molar refractivity (Wildman–Crippen MR) is 108 cm³/mol. The molecule has 0 aliphatic carbocycles. The monoisotopic (exact) mass is 397 g/mol. The van der Waals surface area contributed by atoms with Crippen LogP contribution in [0.5, 0.6) is 0 Å². The molecule has 1 heterocycles. The second-order valence-electron chi connectivity index (χ2n) is 5.91. The summed E-state index contributed by atoms with van der Waals surface area (Å²) in [5.74, 6) is 0.988. The Morgan fingerprint density at radius 1 is 0.893 bits per heavy atom. The number of carbonyl (C=O) groups excluding carboxylic acids is 1. The van der Waals surface area contributed by atoms with E-state index in [1.54, 1.807) is 36.4 Å². The number of sulfonamides is 1. The van der Waals surface area contributed by atoms with Crippen molar-refractivity contribution >= 4 is 38.8 Å². The zero-order chi connectivity index (χ0) is 20.1. The van der Waals surface area contributed by atoms with Crippen LogP contribution in [0.15, 0.2) is 65.8 Å². The molecular formula is C19H19N5O3S. The molecule has 2 aromatic carbocycles. The summed E-state index contributed by atoms with van der Waals surface area (Å²) in [5, 5.41) is 6.18. The molecule has 0 atom stereocenters. The van der Waals surface area contributed by atoms with E-state index in [1.807, 2.05) is 6.07 Å². The number of hydrogen-bond acceptors (Lipinski definition) is 7. The van der Waals surface area contributed by atoms with Gasteiger partial charge in [0.25, 0.3) is 0 Å². The van der Waals surface area contributed by atoms with Crippen molar-refractivity contribution in [2.24, 2.45) is 0 Å². The van der Waals surface area contributed by atoms with Crippen LogP contribution in [-0.4, -0.2) is 31.2 Å². The lowest BCUT2D eigenvalue weighted by Gasteiger charge is -2.10. The molecule has 3 rings (SSSR count). The molecule has 144 valence electrons. The minimum atomic E-state index is -3.54. The largest absolute Gasteiger partial charge is 0.340 e.